The SMILES string of the molecule is CCOC(=O)C1C(=O)C(C(=O)CC)(c2ccccc2)C(=O)CC1OCc1ccccc1. The molecule has 0 bridgehead atoms. The molecule has 1 aliphatic carbocycles. The molecule has 0 saturated heterocycles. The van der Waals surface area contributed by atoms with Crippen LogP contribution in [-0.4, -0.2) is 36.0 Å². The lowest BCUT2D eigenvalue weighted by Gasteiger charge is -2.40. The van der Waals surface area contributed by atoms with Gasteiger partial charge in [0.2, 0.25) is 0 Å². The molecular weight excluding hydrogens is 396 g/mol. The lowest BCUT2D eigenvalue weighted by Crippen LogP contribution is -2.61. The fourth-order valence-corrected chi connectivity index (χ4v) is 4.13. The Kier molecular flexibility index (Phi) is 7.13. The Morgan fingerprint density at radius 1 is 0.968 bits per heavy atom. The third-order valence-corrected chi connectivity index (χ3v) is 5.62. The van der Waals surface area contributed by atoms with Gasteiger partial charge in [-0.15, -0.1) is 0 Å². The molecule has 0 radical (unpaired) electrons. The molecule has 1 fully saturated rings. The first kappa shape index (κ1) is 22.6. The van der Waals surface area contributed by atoms with Crippen molar-refractivity contribution in [2.75, 3.05) is 6.61 Å². The number of ether oxygens (including phenoxy) is 2. The van der Waals surface area contributed by atoms with Crippen molar-refractivity contribution < 1.29 is 28.7 Å². The predicted molar refractivity (Wildman–Crippen MR) is 113 cm³/mol. The fraction of sp³-hybridized carbons (Fsp3) is 0.360. The maximum Gasteiger partial charge on any atom is 0.319 e. The van der Waals surface area contributed by atoms with E-state index in [4.69, 9.17) is 9.47 Å². The number of esters is 1. The zero-order valence-electron chi connectivity index (χ0n) is 17.7. The largest absolute Gasteiger partial charge is 0.465 e. The highest BCUT2D eigenvalue weighted by atomic mass is 16.5. The zero-order chi connectivity index (χ0) is 22.4. The molecule has 3 rings (SSSR count). The highest BCUT2D eigenvalue weighted by Gasteiger charge is 2.61. The third-order valence-electron chi connectivity index (χ3n) is 5.62. The van der Waals surface area contributed by atoms with Crippen LogP contribution in [0.15, 0.2) is 60.7 Å². The summed E-state index contributed by atoms with van der Waals surface area (Å²) in [6.07, 6.45) is -1.25. The van der Waals surface area contributed by atoms with Gasteiger partial charge < -0.3 is 9.47 Å². The van der Waals surface area contributed by atoms with Crippen molar-refractivity contribution in [1.82, 2.24) is 0 Å². The van der Waals surface area contributed by atoms with Crippen LogP contribution in [0.5, 0.6) is 0 Å². The molecule has 2 aromatic rings. The first-order valence-corrected chi connectivity index (χ1v) is 10.4. The summed E-state index contributed by atoms with van der Waals surface area (Å²) < 4.78 is 11.0. The number of Topliss-reactive ketones (excluding diaryl/α,β-unsaturated/α-hetero) is 3. The van der Waals surface area contributed by atoms with E-state index < -0.39 is 40.8 Å². The van der Waals surface area contributed by atoms with E-state index in [2.05, 4.69) is 0 Å². The lowest BCUT2D eigenvalue weighted by atomic mass is 9.60. The summed E-state index contributed by atoms with van der Waals surface area (Å²) in [7, 11) is 0. The van der Waals surface area contributed by atoms with E-state index in [0.29, 0.717) is 0 Å². The second kappa shape index (κ2) is 9.79. The first-order chi connectivity index (χ1) is 15.0. The summed E-state index contributed by atoms with van der Waals surface area (Å²) in [4.78, 5) is 53.1. The minimum absolute atomic E-state index is 0.0164. The molecule has 2 aromatic carbocycles. The highest BCUT2D eigenvalue weighted by Crippen LogP contribution is 2.40. The minimum atomic E-state index is -2.01. The average Bonchev–Trinajstić information content (AvgIpc) is 2.79. The minimum Gasteiger partial charge on any atom is -0.465 e. The summed E-state index contributed by atoms with van der Waals surface area (Å²) in [6.45, 7) is 3.44. The summed E-state index contributed by atoms with van der Waals surface area (Å²) in [5.74, 6) is -3.98. The molecule has 6 heteroatoms. The molecule has 0 amide bonds. The highest BCUT2D eigenvalue weighted by molar-refractivity contribution is 6.34. The van der Waals surface area contributed by atoms with Gasteiger partial charge in [0.05, 0.1) is 19.3 Å². The van der Waals surface area contributed by atoms with Gasteiger partial charge in [-0.1, -0.05) is 67.6 Å². The van der Waals surface area contributed by atoms with E-state index >= 15 is 0 Å². The van der Waals surface area contributed by atoms with Crippen LogP contribution < -0.4 is 0 Å². The monoisotopic (exact) mass is 422 g/mol. The number of carbonyl (C=O) groups is 4. The van der Waals surface area contributed by atoms with Crippen LogP contribution in [0.4, 0.5) is 0 Å². The van der Waals surface area contributed by atoms with Gasteiger partial charge in [0.25, 0.3) is 0 Å². The van der Waals surface area contributed by atoms with Crippen molar-refractivity contribution in [3.05, 3.63) is 71.8 Å². The van der Waals surface area contributed by atoms with Crippen LogP contribution >= 0.6 is 0 Å². The number of hydrogen-bond acceptors (Lipinski definition) is 6. The summed E-state index contributed by atoms with van der Waals surface area (Å²) in [5, 5.41) is 0. The van der Waals surface area contributed by atoms with E-state index in [0.717, 1.165) is 5.56 Å². The summed E-state index contributed by atoms with van der Waals surface area (Å²) in [5.41, 5.74) is -0.887. The Morgan fingerprint density at radius 2 is 1.58 bits per heavy atom. The Morgan fingerprint density at radius 3 is 2.16 bits per heavy atom. The van der Waals surface area contributed by atoms with Gasteiger partial charge in [-0.25, -0.2) is 0 Å². The number of hydrogen-bond donors (Lipinski definition) is 0. The van der Waals surface area contributed by atoms with Crippen molar-refractivity contribution in [2.24, 2.45) is 5.92 Å². The third kappa shape index (κ3) is 4.21. The molecule has 0 spiro atoms. The van der Waals surface area contributed by atoms with E-state index in [1.54, 1.807) is 44.2 Å². The molecular formula is C25H26O6. The Labute approximate surface area is 181 Å². The van der Waals surface area contributed by atoms with E-state index in [9.17, 15) is 19.2 Å². The number of rotatable bonds is 8. The summed E-state index contributed by atoms with van der Waals surface area (Å²) in [6, 6.07) is 17.5. The van der Waals surface area contributed by atoms with Gasteiger partial charge in [-0.3, -0.25) is 19.2 Å². The Bertz CT molecular complexity index is 952. The maximum absolute atomic E-state index is 13.8. The first-order valence-electron chi connectivity index (χ1n) is 10.4. The second-order valence-corrected chi connectivity index (χ2v) is 7.45. The molecule has 31 heavy (non-hydrogen) atoms. The van der Waals surface area contributed by atoms with Crippen molar-refractivity contribution in [2.45, 2.75) is 44.8 Å². The molecule has 1 saturated carbocycles. The normalized spacial score (nSPS) is 23.4. The van der Waals surface area contributed by atoms with Crippen LogP contribution in [-0.2, 0) is 40.7 Å². The van der Waals surface area contributed by atoms with Crippen LogP contribution in [0, 0.1) is 5.92 Å². The Balaban J connectivity index is 2.03. The molecule has 0 N–H and O–H groups in total. The van der Waals surface area contributed by atoms with Gasteiger partial charge in [-0.2, -0.15) is 0 Å². The fourth-order valence-electron chi connectivity index (χ4n) is 4.13. The van der Waals surface area contributed by atoms with Gasteiger partial charge in [0.1, 0.15) is 5.92 Å². The number of benzene rings is 2. The van der Waals surface area contributed by atoms with Crippen LogP contribution in [0.1, 0.15) is 37.8 Å². The second-order valence-electron chi connectivity index (χ2n) is 7.45. The van der Waals surface area contributed by atoms with Crippen molar-refractivity contribution >= 4 is 23.3 Å². The number of carbonyl (C=O) groups excluding carboxylic acids is 4. The molecule has 162 valence electrons. The topological polar surface area (TPSA) is 86.7 Å². The van der Waals surface area contributed by atoms with Gasteiger partial charge >= 0.3 is 5.97 Å². The lowest BCUT2D eigenvalue weighted by molar-refractivity contribution is -0.167. The number of ketones is 3. The van der Waals surface area contributed by atoms with Crippen LogP contribution in [0.25, 0.3) is 0 Å². The molecule has 0 heterocycles. The van der Waals surface area contributed by atoms with E-state index in [-0.39, 0.29) is 31.6 Å². The van der Waals surface area contributed by atoms with Crippen LogP contribution in [0.2, 0.25) is 0 Å². The molecule has 3 unspecified atom stereocenters. The molecule has 0 aliphatic heterocycles. The van der Waals surface area contributed by atoms with E-state index in [1.807, 2.05) is 30.3 Å². The molecule has 1 aliphatic rings. The average molecular weight is 422 g/mol. The molecule has 0 aromatic heterocycles. The summed E-state index contributed by atoms with van der Waals surface area (Å²) >= 11 is 0. The zero-order valence-corrected chi connectivity index (χ0v) is 17.7. The maximum atomic E-state index is 13.8. The van der Waals surface area contributed by atoms with Crippen molar-refractivity contribution in [1.29, 1.82) is 0 Å². The van der Waals surface area contributed by atoms with Gasteiger partial charge in [0.15, 0.2) is 22.8 Å². The van der Waals surface area contributed by atoms with Crippen molar-refractivity contribution in [3.63, 3.8) is 0 Å². The molecule has 3 atom stereocenters. The van der Waals surface area contributed by atoms with E-state index in [1.165, 1.54) is 0 Å². The quantitative estimate of drug-likeness (QED) is 0.480. The molecule has 6 nitrogen and oxygen atoms in total. The van der Waals surface area contributed by atoms with Gasteiger partial charge in [-0.05, 0) is 18.1 Å². The standard InChI is InChI=1S/C25H26O6/c1-3-20(26)25(18-13-9-6-10-14-18)21(27)15-19(22(23(25)28)24(29)30-4-2)31-16-17-11-7-5-8-12-17/h5-14,19,22H,3-4,15-16H2,1-2H3. The smallest absolute Gasteiger partial charge is 0.319 e. The van der Waals surface area contributed by atoms with Crippen molar-refractivity contribution in [3.8, 4) is 0 Å². The Hall–Kier alpha value is -3.12. The predicted octanol–water partition coefficient (Wildman–Crippen LogP) is 3.21. The van der Waals surface area contributed by atoms with Crippen LogP contribution in [0.3, 0.4) is 0 Å². The van der Waals surface area contributed by atoms with Gasteiger partial charge in [0, 0.05) is 12.8 Å².